The van der Waals surface area contributed by atoms with Gasteiger partial charge in [0.1, 0.15) is 0 Å². The van der Waals surface area contributed by atoms with Gasteiger partial charge in [0.25, 0.3) is 0 Å². The SMILES string of the molecule is C=CCCCN(C)C(=NCCOCCC(C)C)NCC.I. The van der Waals surface area contributed by atoms with Crippen LogP contribution in [0, 0.1) is 5.92 Å². The number of nitrogens with zero attached hydrogens (tertiary/aromatic N) is 2. The van der Waals surface area contributed by atoms with E-state index in [0.717, 1.165) is 44.9 Å². The van der Waals surface area contributed by atoms with E-state index in [-0.39, 0.29) is 24.0 Å². The summed E-state index contributed by atoms with van der Waals surface area (Å²) < 4.78 is 5.58. The molecule has 0 spiro atoms. The van der Waals surface area contributed by atoms with Gasteiger partial charge in [-0.15, -0.1) is 30.6 Å². The summed E-state index contributed by atoms with van der Waals surface area (Å²) in [5.74, 6) is 1.66. The van der Waals surface area contributed by atoms with Crippen LogP contribution in [-0.2, 0) is 4.74 Å². The maximum Gasteiger partial charge on any atom is 0.193 e. The van der Waals surface area contributed by atoms with Crippen LogP contribution in [0.4, 0.5) is 0 Å². The van der Waals surface area contributed by atoms with Gasteiger partial charge in [-0.3, -0.25) is 4.99 Å². The van der Waals surface area contributed by atoms with Crippen LogP contribution in [0.15, 0.2) is 17.6 Å². The predicted molar refractivity (Wildman–Crippen MR) is 104 cm³/mol. The molecule has 4 nitrogen and oxygen atoms in total. The standard InChI is InChI=1S/C16H33N3O.HI/c1-6-8-9-12-19(5)16(17-7-2)18-11-14-20-13-10-15(3)4;/h6,15H,1,7-14H2,2-5H3,(H,17,18);1H. The fourth-order valence-electron chi connectivity index (χ4n) is 1.69. The Morgan fingerprint density at radius 1 is 1.38 bits per heavy atom. The summed E-state index contributed by atoms with van der Waals surface area (Å²) in [4.78, 5) is 6.76. The van der Waals surface area contributed by atoms with Crippen molar-refractivity contribution in [2.24, 2.45) is 10.9 Å². The molecule has 0 fully saturated rings. The Morgan fingerprint density at radius 3 is 2.67 bits per heavy atom. The van der Waals surface area contributed by atoms with E-state index in [4.69, 9.17) is 4.74 Å². The summed E-state index contributed by atoms with van der Waals surface area (Å²) in [5, 5.41) is 3.31. The van der Waals surface area contributed by atoms with E-state index in [1.807, 2.05) is 6.08 Å². The molecule has 0 aromatic rings. The molecule has 1 N–H and O–H groups in total. The van der Waals surface area contributed by atoms with Crippen LogP contribution in [0.5, 0.6) is 0 Å². The number of ether oxygens (including phenoxy) is 1. The summed E-state index contributed by atoms with van der Waals surface area (Å²) in [7, 11) is 2.07. The summed E-state index contributed by atoms with van der Waals surface area (Å²) >= 11 is 0. The van der Waals surface area contributed by atoms with Gasteiger partial charge in [-0.1, -0.05) is 19.9 Å². The fraction of sp³-hybridized carbons (Fsp3) is 0.812. The van der Waals surface area contributed by atoms with E-state index in [9.17, 15) is 0 Å². The van der Waals surface area contributed by atoms with Gasteiger partial charge < -0.3 is 15.0 Å². The van der Waals surface area contributed by atoms with Gasteiger partial charge in [0, 0.05) is 26.7 Å². The maximum atomic E-state index is 5.58. The third-order valence-corrected chi connectivity index (χ3v) is 2.93. The lowest BCUT2D eigenvalue weighted by Crippen LogP contribution is -2.39. The first-order valence-electron chi connectivity index (χ1n) is 7.79. The fourth-order valence-corrected chi connectivity index (χ4v) is 1.69. The summed E-state index contributed by atoms with van der Waals surface area (Å²) in [6, 6.07) is 0. The van der Waals surface area contributed by atoms with Crippen molar-refractivity contribution < 1.29 is 4.74 Å². The van der Waals surface area contributed by atoms with E-state index in [1.165, 1.54) is 0 Å². The van der Waals surface area contributed by atoms with Crippen molar-refractivity contribution in [1.29, 1.82) is 0 Å². The van der Waals surface area contributed by atoms with Crippen molar-refractivity contribution in [3.05, 3.63) is 12.7 Å². The molecule has 0 heterocycles. The number of hydrogen-bond acceptors (Lipinski definition) is 2. The summed E-state index contributed by atoms with van der Waals surface area (Å²) in [6.45, 7) is 14.4. The Bertz CT molecular complexity index is 270. The molecule has 0 bridgehead atoms. The first-order chi connectivity index (χ1) is 9.61. The highest BCUT2D eigenvalue weighted by atomic mass is 127. The average Bonchev–Trinajstić information content (AvgIpc) is 2.41. The van der Waals surface area contributed by atoms with E-state index in [0.29, 0.717) is 19.1 Å². The van der Waals surface area contributed by atoms with Crippen LogP contribution < -0.4 is 5.32 Å². The zero-order valence-electron chi connectivity index (χ0n) is 14.2. The van der Waals surface area contributed by atoms with Gasteiger partial charge in [-0.2, -0.15) is 0 Å². The molecule has 126 valence electrons. The van der Waals surface area contributed by atoms with Crippen LogP contribution in [0.1, 0.15) is 40.0 Å². The van der Waals surface area contributed by atoms with Crippen molar-refractivity contribution in [1.82, 2.24) is 10.2 Å². The number of halogens is 1. The molecule has 0 rings (SSSR count). The Labute approximate surface area is 148 Å². The molecule has 0 saturated carbocycles. The minimum Gasteiger partial charge on any atom is -0.380 e. The lowest BCUT2D eigenvalue weighted by atomic mass is 10.1. The molecule has 0 saturated heterocycles. The number of hydrogen-bond donors (Lipinski definition) is 1. The van der Waals surface area contributed by atoms with Crippen LogP contribution in [0.2, 0.25) is 0 Å². The largest absolute Gasteiger partial charge is 0.380 e. The summed E-state index contributed by atoms with van der Waals surface area (Å²) in [5.41, 5.74) is 0. The Balaban J connectivity index is 0. The highest BCUT2D eigenvalue weighted by molar-refractivity contribution is 14.0. The van der Waals surface area contributed by atoms with Crippen LogP contribution >= 0.6 is 24.0 Å². The van der Waals surface area contributed by atoms with E-state index in [2.05, 4.69) is 49.6 Å². The van der Waals surface area contributed by atoms with Gasteiger partial charge in [0.15, 0.2) is 5.96 Å². The quantitative estimate of drug-likeness (QED) is 0.186. The molecule has 5 heteroatoms. The first-order valence-corrected chi connectivity index (χ1v) is 7.79. The van der Waals surface area contributed by atoms with Gasteiger partial charge in [0.05, 0.1) is 13.2 Å². The third-order valence-electron chi connectivity index (χ3n) is 2.93. The average molecular weight is 411 g/mol. The molecule has 21 heavy (non-hydrogen) atoms. The smallest absolute Gasteiger partial charge is 0.193 e. The van der Waals surface area contributed by atoms with Crippen LogP contribution in [0.25, 0.3) is 0 Å². The van der Waals surface area contributed by atoms with E-state index < -0.39 is 0 Å². The maximum absolute atomic E-state index is 5.58. The molecular weight excluding hydrogens is 377 g/mol. The molecule has 0 atom stereocenters. The van der Waals surface area contributed by atoms with Crippen molar-refractivity contribution in [3.63, 3.8) is 0 Å². The first kappa shape index (κ1) is 23.0. The highest BCUT2D eigenvalue weighted by Crippen LogP contribution is 1.99. The van der Waals surface area contributed by atoms with Crippen molar-refractivity contribution in [2.75, 3.05) is 39.9 Å². The monoisotopic (exact) mass is 411 g/mol. The van der Waals surface area contributed by atoms with Crippen LogP contribution in [-0.4, -0.2) is 50.8 Å². The normalized spacial score (nSPS) is 11.2. The minimum absolute atomic E-state index is 0. The molecule has 0 aromatic carbocycles. The number of unbranched alkanes of at least 4 members (excludes halogenated alkanes) is 1. The number of aliphatic imine (C=N–C) groups is 1. The van der Waals surface area contributed by atoms with Crippen molar-refractivity contribution in [3.8, 4) is 0 Å². The van der Waals surface area contributed by atoms with Gasteiger partial charge in [-0.05, 0) is 32.1 Å². The molecule has 0 aromatic heterocycles. The lowest BCUT2D eigenvalue weighted by Gasteiger charge is -2.21. The second kappa shape index (κ2) is 16.1. The number of rotatable bonds is 11. The lowest BCUT2D eigenvalue weighted by molar-refractivity contribution is 0.130. The zero-order valence-corrected chi connectivity index (χ0v) is 16.6. The number of nitrogens with one attached hydrogen (secondary N) is 1. The molecule has 0 aliphatic carbocycles. The van der Waals surface area contributed by atoms with Crippen molar-refractivity contribution in [2.45, 2.75) is 40.0 Å². The second-order valence-electron chi connectivity index (χ2n) is 5.38. The van der Waals surface area contributed by atoms with Crippen LogP contribution in [0.3, 0.4) is 0 Å². The van der Waals surface area contributed by atoms with Gasteiger partial charge in [-0.25, -0.2) is 0 Å². The molecule has 0 radical (unpaired) electrons. The molecule has 0 unspecified atom stereocenters. The predicted octanol–water partition coefficient (Wildman–Crippen LogP) is 3.53. The Kier molecular flexibility index (Phi) is 17.6. The topological polar surface area (TPSA) is 36.9 Å². The van der Waals surface area contributed by atoms with E-state index >= 15 is 0 Å². The minimum atomic E-state index is 0. The molecule has 0 aliphatic rings. The molecular formula is C16H34IN3O. The zero-order chi connectivity index (χ0) is 15.2. The van der Waals surface area contributed by atoms with E-state index in [1.54, 1.807) is 0 Å². The molecule has 0 amide bonds. The van der Waals surface area contributed by atoms with Gasteiger partial charge >= 0.3 is 0 Å². The third kappa shape index (κ3) is 14.4. The Morgan fingerprint density at radius 2 is 2.10 bits per heavy atom. The summed E-state index contributed by atoms with van der Waals surface area (Å²) in [6.07, 6.45) is 5.23. The highest BCUT2D eigenvalue weighted by Gasteiger charge is 2.04. The number of guanidine groups is 1. The van der Waals surface area contributed by atoms with Gasteiger partial charge in [0.2, 0.25) is 0 Å². The number of allylic oxidation sites excluding steroid dienone is 1. The van der Waals surface area contributed by atoms with Crippen molar-refractivity contribution >= 4 is 29.9 Å². The Hall–Kier alpha value is -0.300. The molecule has 0 aliphatic heterocycles. The second-order valence-corrected chi connectivity index (χ2v) is 5.38.